The highest BCUT2D eigenvalue weighted by atomic mass is 16.4. The molecule has 1 saturated heterocycles. The highest BCUT2D eigenvalue weighted by molar-refractivity contribution is 5.76. The molecule has 0 radical (unpaired) electrons. The van der Waals surface area contributed by atoms with Crippen LogP contribution >= 0.6 is 0 Å². The Kier molecular flexibility index (Phi) is 4.76. The van der Waals surface area contributed by atoms with Crippen molar-refractivity contribution in [3.63, 3.8) is 0 Å². The van der Waals surface area contributed by atoms with Crippen molar-refractivity contribution in [2.75, 3.05) is 19.6 Å². The minimum Gasteiger partial charge on any atom is -0.441 e. The maximum atomic E-state index is 12.3. The maximum Gasteiger partial charge on any atom is 0.223 e. The van der Waals surface area contributed by atoms with Gasteiger partial charge in [-0.15, -0.1) is 0 Å². The van der Waals surface area contributed by atoms with Crippen LogP contribution in [0.2, 0.25) is 0 Å². The van der Waals surface area contributed by atoms with Crippen molar-refractivity contribution in [1.29, 1.82) is 0 Å². The predicted octanol–water partition coefficient (Wildman–Crippen LogP) is 2.40. The summed E-state index contributed by atoms with van der Waals surface area (Å²) in [6, 6.07) is 8.50. The minimum absolute atomic E-state index is 0.174. The molecular weight excluding hydrogens is 290 g/mol. The molecule has 122 valence electrons. The molecule has 1 N–H and O–H groups in total. The van der Waals surface area contributed by atoms with E-state index in [-0.39, 0.29) is 5.91 Å². The van der Waals surface area contributed by atoms with Crippen molar-refractivity contribution in [1.82, 2.24) is 15.2 Å². The van der Waals surface area contributed by atoms with Gasteiger partial charge in [0.15, 0.2) is 11.7 Å². The van der Waals surface area contributed by atoms with E-state index in [4.69, 9.17) is 4.42 Å². The third-order valence-electron chi connectivity index (χ3n) is 4.16. The summed E-state index contributed by atoms with van der Waals surface area (Å²) in [6.45, 7) is 6.57. The smallest absolute Gasteiger partial charge is 0.223 e. The van der Waals surface area contributed by atoms with E-state index in [1.54, 1.807) is 6.20 Å². The van der Waals surface area contributed by atoms with E-state index in [1.165, 1.54) is 5.56 Å². The topological polar surface area (TPSA) is 58.4 Å². The lowest BCUT2D eigenvalue weighted by molar-refractivity contribution is -0.132. The van der Waals surface area contributed by atoms with E-state index in [2.05, 4.69) is 24.1 Å². The van der Waals surface area contributed by atoms with E-state index in [0.29, 0.717) is 24.8 Å². The number of carbonyl (C=O) groups excluding carboxylic acids is 1. The molecule has 0 aliphatic carbocycles. The number of aromatic nitrogens is 1. The number of nitrogens with one attached hydrogen (secondary N) is 1. The second kappa shape index (κ2) is 6.96. The molecule has 0 saturated carbocycles. The molecule has 2 heterocycles. The lowest BCUT2D eigenvalue weighted by atomic mass is 10.1. The van der Waals surface area contributed by atoms with E-state index in [0.717, 1.165) is 31.0 Å². The van der Waals surface area contributed by atoms with E-state index >= 15 is 0 Å². The van der Waals surface area contributed by atoms with Gasteiger partial charge >= 0.3 is 0 Å². The normalized spacial score (nSPS) is 18.2. The lowest BCUT2D eigenvalue weighted by Gasteiger charge is -2.31. The van der Waals surface area contributed by atoms with Gasteiger partial charge in [0.2, 0.25) is 5.91 Å². The number of hydrogen-bond acceptors (Lipinski definition) is 4. The van der Waals surface area contributed by atoms with Gasteiger partial charge in [0.1, 0.15) is 0 Å². The molecule has 0 bridgehead atoms. The molecule has 5 nitrogen and oxygen atoms in total. The van der Waals surface area contributed by atoms with E-state index in [9.17, 15) is 4.79 Å². The first-order valence-corrected chi connectivity index (χ1v) is 8.15. The van der Waals surface area contributed by atoms with Gasteiger partial charge in [-0.25, -0.2) is 4.98 Å². The van der Waals surface area contributed by atoms with Crippen LogP contribution in [0.15, 0.2) is 34.9 Å². The Morgan fingerprint density at radius 1 is 1.39 bits per heavy atom. The Morgan fingerprint density at radius 3 is 2.91 bits per heavy atom. The Hall–Kier alpha value is -2.14. The van der Waals surface area contributed by atoms with Crippen molar-refractivity contribution < 1.29 is 9.21 Å². The monoisotopic (exact) mass is 313 g/mol. The SMILES string of the molecule is Cc1ccc(-c2cnc(CCC(=O)N3CCNC(C)C3)o2)cc1. The molecule has 0 spiro atoms. The summed E-state index contributed by atoms with van der Waals surface area (Å²) in [4.78, 5) is 18.5. The van der Waals surface area contributed by atoms with Crippen LogP contribution in [0.1, 0.15) is 24.8 Å². The first kappa shape index (κ1) is 15.7. The quantitative estimate of drug-likeness (QED) is 0.941. The summed E-state index contributed by atoms with van der Waals surface area (Å²) < 4.78 is 5.77. The number of rotatable bonds is 4. The van der Waals surface area contributed by atoms with Gasteiger partial charge in [0.25, 0.3) is 0 Å². The van der Waals surface area contributed by atoms with E-state index in [1.807, 2.05) is 29.2 Å². The molecule has 1 fully saturated rings. The van der Waals surface area contributed by atoms with Crippen LogP contribution < -0.4 is 5.32 Å². The average Bonchev–Trinajstić information content (AvgIpc) is 3.02. The van der Waals surface area contributed by atoms with Gasteiger partial charge in [-0.1, -0.05) is 29.8 Å². The molecular formula is C18H23N3O2. The van der Waals surface area contributed by atoms with Crippen LogP contribution in [0.5, 0.6) is 0 Å². The predicted molar refractivity (Wildman–Crippen MR) is 89.0 cm³/mol. The molecule has 1 amide bonds. The first-order chi connectivity index (χ1) is 11.1. The number of piperazine rings is 1. The fraction of sp³-hybridized carbons (Fsp3) is 0.444. The summed E-state index contributed by atoms with van der Waals surface area (Å²) in [5, 5.41) is 3.34. The Balaban J connectivity index is 1.56. The van der Waals surface area contributed by atoms with Crippen LogP contribution in [0.4, 0.5) is 0 Å². The lowest BCUT2D eigenvalue weighted by Crippen LogP contribution is -2.51. The minimum atomic E-state index is 0.174. The standard InChI is InChI=1S/C18H23N3O2/c1-13-3-5-15(6-4-13)16-11-20-17(23-16)7-8-18(22)21-10-9-19-14(2)12-21/h3-6,11,14,19H,7-10,12H2,1-2H3. The molecule has 1 aliphatic heterocycles. The highest BCUT2D eigenvalue weighted by Crippen LogP contribution is 2.21. The summed E-state index contributed by atoms with van der Waals surface area (Å²) in [6.07, 6.45) is 2.72. The van der Waals surface area contributed by atoms with Gasteiger partial charge in [-0.3, -0.25) is 4.79 Å². The average molecular weight is 313 g/mol. The molecule has 3 rings (SSSR count). The van der Waals surface area contributed by atoms with Crippen LogP contribution in [-0.2, 0) is 11.2 Å². The summed E-state index contributed by atoms with van der Waals surface area (Å²) in [5.41, 5.74) is 2.22. The molecule has 1 unspecified atom stereocenters. The molecule has 1 atom stereocenters. The van der Waals surface area contributed by atoms with Crippen molar-refractivity contribution in [3.8, 4) is 11.3 Å². The summed E-state index contributed by atoms with van der Waals surface area (Å²) in [7, 11) is 0. The zero-order valence-electron chi connectivity index (χ0n) is 13.7. The third-order valence-corrected chi connectivity index (χ3v) is 4.16. The second-order valence-corrected chi connectivity index (χ2v) is 6.18. The van der Waals surface area contributed by atoms with Crippen LogP contribution in [0, 0.1) is 6.92 Å². The molecule has 2 aromatic rings. The number of hydrogen-bond donors (Lipinski definition) is 1. The number of aryl methyl sites for hydroxylation is 2. The molecule has 1 aromatic carbocycles. The number of nitrogens with zero attached hydrogens (tertiary/aromatic N) is 2. The van der Waals surface area contributed by atoms with Crippen LogP contribution in [-0.4, -0.2) is 41.5 Å². The number of carbonyl (C=O) groups is 1. The van der Waals surface area contributed by atoms with Gasteiger partial charge in [-0.05, 0) is 13.8 Å². The molecule has 1 aliphatic rings. The number of oxazole rings is 1. The number of amides is 1. The maximum absolute atomic E-state index is 12.3. The Labute approximate surface area is 136 Å². The highest BCUT2D eigenvalue weighted by Gasteiger charge is 2.20. The fourth-order valence-electron chi connectivity index (χ4n) is 2.81. The Morgan fingerprint density at radius 2 is 2.17 bits per heavy atom. The number of benzene rings is 1. The molecule has 1 aromatic heterocycles. The largest absolute Gasteiger partial charge is 0.441 e. The molecule has 23 heavy (non-hydrogen) atoms. The first-order valence-electron chi connectivity index (χ1n) is 8.15. The van der Waals surface area contributed by atoms with Crippen LogP contribution in [0.3, 0.4) is 0 Å². The van der Waals surface area contributed by atoms with Crippen LogP contribution in [0.25, 0.3) is 11.3 Å². The summed E-state index contributed by atoms with van der Waals surface area (Å²) in [5.74, 6) is 1.55. The van der Waals surface area contributed by atoms with Gasteiger partial charge in [0.05, 0.1) is 6.20 Å². The van der Waals surface area contributed by atoms with Crippen molar-refractivity contribution >= 4 is 5.91 Å². The zero-order chi connectivity index (χ0) is 16.2. The zero-order valence-corrected chi connectivity index (χ0v) is 13.7. The van der Waals surface area contributed by atoms with Crippen molar-refractivity contribution in [2.45, 2.75) is 32.7 Å². The molecule has 5 heteroatoms. The fourth-order valence-corrected chi connectivity index (χ4v) is 2.81. The van der Waals surface area contributed by atoms with Crippen molar-refractivity contribution in [3.05, 3.63) is 41.9 Å². The second-order valence-electron chi connectivity index (χ2n) is 6.18. The van der Waals surface area contributed by atoms with Gasteiger partial charge in [0, 0.05) is 44.1 Å². The van der Waals surface area contributed by atoms with Crippen molar-refractivity contribution in [2.24, 2.45) is 0 Å². The van der Waals surface area contributed by atoms with Gasteiger partial charge in [-0.2, -0.15) is 0 Å². The van der Waals surface area contributed by atoms with Gasteiger partial charge < -0.3 is 14.6 Å². The van der Waals surface area contributed by atoms with E-state index < -0.39 is 0 Å². The third kappa shape index (κ3) is 3.99. The summed E-state index contributed by atoms with van der Waals surface area (Å²) >= 11 is 0. The Bertz CT molecular complexity index is 663.